The van der Waals surface area contributed by atoms with Gasteiger partial charge >= 0.3 is 0 Å². The molecule has 0 N–H and O–H groups in total. The molecule has 1 aromatic carbocycles. The minimum absolute atomic E-state index is 0.232. The fourth-order valence-electron chi connectivity index (χ4n) is 2.88. The van der Waals surface area contributed by atoms with Gasteiger partial charge in [-0.25, -0.2) is 14.4 Å². The zero-order valence-electron chi connectivity index (χ0n) is 13.6. The standard InChI is InChI=1S/C17H16FN5OS/c1-24-16-13-9-23(7-6-14(13)19-10-20-16)17-22-21-15(25-17)8-11-2-4-12(18)5-3-11/h2-5,10H,6-9H2,1H3. The van der Waals surface area contributed by atoms with Crippen molar-refractivity contribution in [2.45, 2.75) is 19.4 Å². The molecule has 128 valence electrons. The van der Waals surface area contributed by atoms with Crippen LogP contribution in [0.2, 0.25) is 0 Å². The van der Waals surface area contributed by atoms with Crippen LogP contribution in [0, 0.1) is 5.82 Å². The second-order valence-corrected chi connectivity index (χ2v) is 6.80. The summed E-state index contributed by atoms with van der Waals surface area (Å²) in [4.78, 5) is 10.7. The number of methoxy groups -OCH3 is 1. The van der Waals surface area contributed by atoms with Gasteiger partial charge in [0.25, 0.3) is 0 Å². The van der Waals surface area contributed by atoms with E-state index in [9.17, 15) is 4.39 Å². The van der Waals surface area contributed by atoms with Gasteiger partial charge in [-0.1, -0.05) is 23.5 Å². The maximum absolute atomic E-state index is 13.0. The summed E-state index contributed by atoms with van der Waals surface area (Å²) in [5, 5.41) is 10.4. The number of hydrogen-bond acceptors (Lipinski definition) is 7. The van der Waals surface area contributed by atoms with Gasteiger partial charge in [0, 0.05) is 19.4 Å². The van der Waals surface area contributed by atoms with Crippen molar-refractivity contribution in [2.75, 3.05) is 18.6 Å². The smallest absolute Gasteiger partial charge is 0.221 e. The molecule has 25 heavy (non-hydrogen) atoms. The van der Waals surface area contributed by atoms with Crippen molar-refractivity contribution in [1.29, 1.82) is 0 Å². The minimum Gasteiger partial charge on any atom is -0.481 e. The van der Waals surface area contributed by atoms with Crippen LogP contribution in [0.4, 0.5) is 9.52 Å². The Hall–Kier alpha value is -2.61. The van der Waals surface area contributed by atoms with Crippen molar-refractivity contribution in [3.63, 3.8) is 0 Å². The molecule has 0 amide bonds. The first-order chi connectivity index (χ1) is 12.2. The lowest BCUT2D eigenvalue weighted by Gasteiger charge is -2.27. The Morgan fingerprint density at radius 3 is 2.84 bits per heavy atom. The maximum atomic E-state index is 13.0. The second kappa shape index (κ2) is 6.72. The highest BCUT2D eigenvalue weighted by Crippen LogP contribution is 2.30. The average molecular weight is 357 g/mol. The summed E-state index contributed by atoms with van der Waals surface area (Å²) in [6.45, 7) is 1.49. The van der Waals surface area contributed by atoms with Gasteiger partial charge in [0.15, 0.2) is 0 Å². The van der Waals surface area contributed by atoms with E-state index in [1.54, 1.807) is 36.9 Å². The van der Waals surface area contributed by atoms with Gasteiger partial charge in [-0.15, -0.1) is 10.2 Å². The number of aromatic nitrogens is 4. The SMILES string of the molecule is COc1ncnc2c1CN(c1nnc(Cc3ccc(F)cc3)s1)CC2. The number of nitrogens with zero attached hydrogens (tertiary/aromatic N) is 5. The van der Waals surface area contributed by atoms with Crippen LogP contribution in [0.1, 0.15) is 21.8 Å². The molecule has 0 spiro atoms. The molecule has 1 aliphatic rings. The van der Waals surface area contributed by atoms with E-state index < -0.39 is 0 Å². The third-order valence-electron chi connectivity index (χ3n) is 4.15. The fraction of sp³-hybridized carbons (Fsp3) is 0.294. The van der Waals surface area contributed by atoms with Gasteiger partial charge in [-0.2, -0.15) is 0 Å². The second-order valence-electron chi connectivity index (χ2n) is 5.76. The molecule has 4 rings (SSSR count). The van der Waals surface area contributed by atoms with Gasteiger partial charge in [-0.05, 0) is 17.7 Å². The molecular formula is C17H16FN5OS. The van der Waals surface area contributed by atoms with Crippen LogP contribution in [-0.2, 0) is 19.4 Å². The summed E-state index contributed by atoms with van der Waals surface area (Å²) in [7, 11) is 1.62. The largest absolute Gasteiger partial charge is 0.481 e. The summed E-state index contributed by atoms with van der Waals surface area (Å²) in [6.07, 6.45) is 3.01. The molecule has 1 aliphatic heterocycles. The topological polar surface area (TPSA) is 64.0 Å². The van der Waals surface area contributed by atoms with Crippen LogP contribution in [0.5, 0.6) is 5.88 Å². The predicted octanol–water partition coefficient (Wildman–Crippen LogP) is 2.63. The predicted molar refractivity (Wildman–Crippen MR) is 92.5 cm³/mol. The first-order valence-corrected chi connectivity index (χ1v) is 8.73. The Kier molecular flexibility index (Phi) is 4.27. The van der Waals surface area contributed by atoms with Crippen LogP contribution in [0.25, 0.3) is 0 Å². The molecule has 0 aliphatic carbocycles. The highest BCUT2D eigenvalue weighted by atomic mass is 32.1. The normalized spacial score (nSPS) is 13.6. The summed E-state index contributed by atoms with van der Waals surface area (Å²) in [5.74, 6) is 0.385. The first kappa shape index (κ1) is 15.9. The third kappa shape index (κ3) is 3.30. The van der Waals surface area contributed by atoms with E-state index in [-0.39, 0.29) is 5.82 Å². The molecule has 6 nitrogen and oxygen atoms in total. The van der Waals surface area contributed by atoms with E-state index in [1.165, 1.54) is 12.1 Å². The third-order valence-corrected chi connectivity index (χ3v) is 5.14. The van der Waals surface area contributed by atoms with Gasteiger partial charge in [0.05, 0.1) is 24.9 Å². The van der Waals surface area contributed by atoms with Gasteiger partial charge in [-0.3, -0.25) is 0 Å². The van der Waals surface area contributed by atoms with Gasteiger partial charge in [0.1, 0.15) is 17.2 Å². The summed E-state index contributed by atoms with van der Waals surface area (Å²) < 4.78 is 18.4. The van der Waals surface area contributed by atoms with E-state index in [0.29, 0.717) is 18.8 Å². The molecule has 8 heteroatoms. The van der Waals surface area contributed by atoms with Crippen LogP contribution in [0.15, 0.2) is 30.6 Å². The summed E-state index contributed by atoms with van der Waals surface area (Å²) in [5.41, 5.74) is 3.05. The van der Waals surface area contributed by atoms with Crippen molar-refractivity contribution in [3.8, 4) is 5.88 Å². The number of benzene rings is 1. The molecule has 3 heterocycles. The van der Waals surface area contributed by atoms with Gasteiger partial charge in [0.2, 0.25) is 11.0 Å². The van der Waals surface area contributed by atoms with Crippen molar-refractivity contribution >= 4 is 16.5 Å². The van der Waals surface area contributed by atoms with E-state index >= 15 is 0 Å². The number of ether oxygens (including phenoxy) is 1. The molecule has 0 saturated heterocycles. The quantitative estimate of drug-likeness (QED) is 0.715. The molecular weight excluding hydrogens is 341 g/mol. The zero-order valence-corrected chi connectivity index (χ0v) is 14.5. The highest BCUT2D eigenvalue weighted by molar-refractivity contribution is 7.15. The van der Waals surface area contributed by atoms with Crippen LogP contribution < -0.4 is 9.64 Å². The average Bonchev–Trinajstić information content (AvgIpc) is 3.11. The molecule has 0 atom stereocenters. The molecule has 0 bridgehead atoms. The van der Waals surface area contributed by atoms with E-state index in [2.05, 4.69) is 25.1 Å². The Bertz CT molecular complexity index is 869. The van der Waals surface area contributed by atoms with Crippen molar-refractivity contribution in [1.82, 2.24) is 20.2 Å². The molecule has 0 unspecified atom stereocenters. The Labute approximate surface area is 148 Å². The Balaban J connectivity index is 1.51. The highest BCUT2D eigenvalue weighted by Gasteiger charge is 2.24. The van der Waals surface area contributed by atoms with Crippen LogP contribution in [0.3, 0.4) is 0 Å². The summed E-state index contributed by atoms with van der Waals surface area (Å²) in [6, 6.07) is 6.47. The number of rotatable bonds is 4. The van der Waals surface area contributed by atoms with Gasteiger partial charge < -0.3 is 9.64 Å². The van der Waals surface area contributed by atoms with E-state index in [4.69, 9.17) is 4.74 Å². The number of fused-ring (bicyclic) bond motifs is 1. The molecule has 0 radical (unpaired) electrons. The van der Waals surface area contributed by atoms with Crippen molar-refractivity contribution in [2.24, 2.45) is 0 Å². The lowest BCUT2D eigenvalue weighted by atomic mass is 10.1. The molecule has 3 aromatic rings. The molecule has 2 aromatic heterocycles. The lowest BCUT2D eigenvalue weighted by molar-refractivity contribution is 0.387. The number of hydrogen-bond donors (Lipinski definition) is 0. The molecule has 0 saturated carbocycles. The monoisotopic (exact) mass is 357 g/mol. The van der Waals surface area contributed by atoms with Crippen molar-refractivity contribution < 1.29 is 9.13 Å². The first-order valence-electron chi connectivity index (χ1n) is 7.91. The van der Waals surface area contributed by atoms with Crippen LogP contribution >= 0.6 is 11.3 Å². The number of anilines is 1. The number of halogens is 1. The fourth-order valence-corrected chi connectivity index (χ4v) is 3.77. The minimum atomic E-state index is -0.232. The molecule has 0 fully saturated rings. The Morgan fingerprint density at radius 2 is 2.04 bits per heavy atom. The lowest BCUT2D eigenvalue weighted by Crippen LogP contribution is -2.31. The van der Waals surface area contributed by atoms with E-state index in [1.807, 2.05) is 0 Å². The van der Waals surface area contributed by atoms with E-state index in [0.717, 1.165) is 39.9 Å². The maximum Gasteiger partial charge on any atom is 0.221 e. The zero-order chi connectivity index (χ0) is 17.2. The van der Waals surface area contributed by atoms with Crippen molar-refractivity contribution in [3.05, 3.63) is 58.2 Å². The van der Waals surface area contributed by atoms with Crippen LogP contribution in [-0.4, -0.2) is 33.8 Å². The summed E-state index contributed by atoms with van der Waals surface area (Å²) >= 11 is 1.55. The Morgan fingerprint density at radius 1 is 1.20 bits per heavy atom.